The number of rotatable bonds is 11. The van der Waals surface area contributed by atoms with E-state index in [4.69, 9.17) is 14.0 Å². The minimum Gasteiger partial charge on any atom is -0.493 e. The van der Waals surface area contributed by atoms with Crippen LogP contribution >= 0.6 is 0 Å². The van der Waals surface area contributed by atoms with Gasteiger partial charge < -0.3 is 18.9 Å². The Labute approximate surface area is 170 Å². The quantitative estimate of drug-likeness (QED) is 0.539. The van der Waals surface area contributed by atoms with Crippen LogP contribution in [-0.2, 0) is 20.4 Å². The first-order valence-electron chi connectivity index (χ1n) is 9.36. The van der Waals surface area contributed by atoms with Gasteiger partial charge in [0.2, 0.25) is 17.6 Å². The Kier molecular flexibility index (Phi) is 8.00. The van der Waals surface area contributed by atoms with Crippen LogP contribution in [0.25, 0.3) is 11.4 Å². The third-order valence-electron chi connectivity index (χ3n) is 4.14. The second-order valence-electron chi connectivity index (χ2n) is 6.49. The highest BCUT2D eigenvalue weighted by atomic mass is 32.2. The number of methoxy groups -OCH3 is 2. The largest absolute Gasteiger partial charge is 0.493 e. The summed E-state index contributed by atoms with van der Waals surface area (Å²) in [4.78, 5) is 18.1. The molecule has 0 aliphatic carbocycles. The van der Waals surface area contributed by atoms with Gasteiger partial charge in [-0.15, -0.1) is 0 Å². The molecule has 1 aromatic heterocycles. The van der Waals surface area contributed by atoms with E-state index < -0.39 is 27.3 Å². The molecule has 10 heteroatoms. The molecule has 1 heterocycles. The molecular weight excluding hydrogens is 398 g/mol. The summed E-state index contributed by atoms with van der Waals surface area (Å²) in [5, 5.41) is 3.83. The Hall–Kier alpha value is -2.62. The summed E-state index contributed by atoms with van der Waals surface area (Å²) in [5.41, 5.74) is 0.586. The zero-order valence-corrected chi connectivity index (χ0v) is 18.0. The van der Waals surface area contributed by atoms with Crippen molar-refractivity contribution in [3.8, 4) is 22.9 Å². The third kappa shape index (κ3) is 6.18. The molecule has 1 aromatic carbocycles. The molecule has 0 radical (unpaired) electrons. The van der Waals surface area contributed by atoms with E-state index in [1.54, 1.807) is 23.1 Å². The zero-order valence-electron chi connectivity index (χ0n) is 17.2. The number of carbonyl (C=O) groups is 1. The van der Waals surface area contributed by atoms with Gasteiger partial charge in [-0.3, -0.25) is 4.79 Å². The van der Waals surface area contributed by atoms with Crippen LogP contribution in [0.3, 0.4) is 0 Å². The fraction of sp³-hybridized carbons (Fsp3) is 0.526. The molecule has 0 spiro atoms. The maximum absolute atomic E-state index is 12.4. The monoisotopic (exact) mass is 425 g/mol. The number of sulfone groups is 1. The van der Waals surface area contributed by atoms with Crippen molar-refractivity contribution in [3.63, 3.8) is 0 Å². The van der Waals surface area contributed by atoms with E-state index in [1.807, 2.05) is 13.8 Å². The molecular formula is C19H27N3O6S. The number of benzene rings is 1. The van der Waals surface area contributed by atoms with Gasteiger partial charge in [0.1, 0.15) is 11.5 Å². The molecule has 160 valence electrons. The van der Waals surface area contributed by atoms with E-state index in [1.165, 1.54) is 14.2 Å². The van der Waals surface area contributed by atoms with Crippen LogP contribution in [0.15, 0.2) is 22.7 Å². The van der Waals surface area contributed by atoms with Gasteiger partial charge in [-0.05, 0) is 31.0 Å². The van der Waals surface area contributed by atoms with Gasteiger partial charge in [0, 0.05) is 18.7 Å². The lowest BCUT2D eigenvalue weighted by Crippen LogP contribution is -2.37. The molecule has 29 heavy (non-hydrogen) atoms. The summed E-state index contributed by atoms with van der Waals surface area (Å²) in [6.45, 7) is 4.95. The van der Waals surface area contributed by atoms with Gasteiger partial charge in [-0.2, -0.15) is 4.98 Å². The number of nitrogens with zero attached hydrogens (tertiary/aromatic N) is 3. The van der Waals surface area contributed by atoms with Crippen LogP contribution < -0.4 is 9.47 Å². The molecule has 0 unspecified atom stereocenters. The molecule has 0 atom stereocenters. The van der Waals surface area contributed by atoms with Crippen molar-refractivity contribution < 1.29 is 27.2 Å². The Morgan fingerprint density at radius 1 is 1.10 bits per heavy atom. The molecule has 0 aliphatic heterocycles. The molecule has 9 nitrogen and oxygen atoms in total. The molecule has 0 saturated carbocycles. The van der Waals surface area contributed by atoms with Crippen LogP contribution in [0.1, 0.15) is 32.6 Å². The Balaban J connectivity index is 2.11. The van der Waals surface area contributed by atoms with Crippen LogP contribution in [0, 0.1) is 0 Å². The normalized spacial score (nSPS) is 11.3. The first-order valence-corrected chi connectivity index (χ1v) is 11.2. The SMILES string of the molecule is CCCN(CCC)C(=O)CS(=O)(=O)Cc1nc(-c2ccc(OC)c(OC)c2)no1. The predicted molar refractivity (Wildman–Crippen MR) is 107 cm³/mol. The van der Waals surface area contributed by atoms with Crippen molar-refractivity contribution in [2.45, 2.75) is 32.4 Å². The zero-order chi connectivity index (χ0) is 21.4. The minimum absolute atomic E-state index is 0.0693. The average Bonchev–Trinajstić information content (AvgIpc) is 3.14. The molecule has 0 fully saturated rings. The third-order valence-corrected chi connectivity index (χ3v) is 5.51. The molecule has 0 saturated heterocycles. The van der Waals surface area contributed by atoms with Crippen molar-refractivity contribution >= 4 is 15.7 Å². The summed E-state index contributed by atoms with van der Waals surface area (Å²) in [6.07, 6.45) is 1.54. The number of aromatic nitrogens is 2. The van der Waals surface area contributed by atoms with E-state index in [2.05, 4.69) is 10.1 Å². The topological polar surface area (TPSA) is 112 Å². The molecule has 2 rings (SSSR count). The van der Waals surface area contributed by atoms with E-state index in [9.17, 15) is 13.2 Å². The van der Waals surface area contributed by atoms with Crippen LogP contribution in [-0.4, -0.2) is 62.4 Å². The van der Waals surface area contributed by atoms with Gasteiger partial charge in [-0.25, -0.2) is 8.42 Å². The van der Waals surface area contributed by atoms with Crippen molar-refractivity contribution in [2.24, 2.45) is 0 Å². The van der Waals surface area contributed by atoms with Gasteiger partial charge in [0.25, 0.3) is 0 Å². The second kappa shape index (κ2) is 10.2. The lowest BCUT2D eigenvalue weighted by Gasteiger charge is -2.21. The molecule has 0 N–H and O–H groups in total. The highest BCUT2D eigenvalue weighted by Crippen LogP contribution is 2.31. The van der Waals surface area contributed by atoms with Gasteiger partial charge >= 0.3 is 0 Å². The number of amides is 1. The first-order chi connectivity index (χ1) is 13.8. The molecule has 0 aliphatic rings. The number of hydrogen-bond donors (Lipinski definition) is 0. The summed E-state index contributed by atoms with van der Waals surface area (Å²) >= 11 is 0. The second-order valence-corrected chi connectivity index (χ2v) is 8.56. The maximum Gasteiger partial charge on any atom is 0.242 e. The van der Waals surface area contributed by atoms with E-state index in [0.29, 0.717) is 30.2 Å². The summed E-state index contributed by atoms with van der Waals surface area (Å²) in [7, 11) is -0.707. The highest BCUT2D eigenvalue weighted by Gasteiger charge is 2.24. The van der Waals surface area contributed by atoms with Crippen LogP contribution in [0.2, 0.25) is 0 Å². The summed E-state index contributed by atoms with van der Waals surface area (Å²) in [5.74, 6) is -0.299. The maximum atomic E-state index is 12.4. The Morgan fingerprint density at radius 2 is 1.76 bits per heavy atom. The lowest BCUT2D eigenvalue weighted by molar-refractivity contribution is -0.128. The molecule has 2 aromatic rings. The van der Waals surface area contributed by atoms with Crippen LogP contribution in [0.4, 0.5) is 0 Å². The smallest absolute Gasteiger partial charge is 0.242 e. The lowest BCUT2D eigenvalue weighted by atomic mass is 10.2. The fourth-order valence-corrected chi connectivity index (χ4v) is 3.98. The van der Waals surface area contributed by atoms with Crippen molar-refractivity contribution in [3.05, 3.63) is 24.1 Å². The van der Waals surface area contributed by atoms with Gasteiger partial charge in [-0.1, -0.05) is 19.0 Å². The number of ether oxygens (including phenoxy) is 2. The van der Waals surface area contributed by atoms with Crippen molar-refractivity contribution in [1.82, 2.24) is 15.0 Å². The Morgan fingerprint density at radius 3 is 2.34 bits per heavy atom. The first kappa shape index (κ1) is 22.7. The standard InChI is InChI=1S/C19H27N3O6S/c1-5-9-22(10-6-2)18(23)13-29(24,25)12-17-20-19(21-28-17)14-7-8-15(26-3)16(11-14)27-4/h7-8,11H,5-6,9-10,12-13H2,1-4H3. The number of hydrogen-bond acceptors (Lipinski definition) is 8. The highest BCUT2D eigenvalue weighted by molar-refractivity contribution is 7.91. The fourth-order valence-electron chi connectivity index (χ4n) is 2.83. The van der Waals surface area contributed by atoms with E-state index in [-0.39, 0.29) is 11.7 Å². The Bertz CT molecular complexity index is 920. The van der Waals surface area contributed by atoms with Gasteiger partial charge in [0.05, 0.1) is 14.2 Å². The van der Waals surface area contributed by atoms with E-state index >= 15 is 0 Å². The van der Waals surface area contributed by atoms with E-state index in [0.717, 1.165) is 12.8 Å². The van der Waals surface area contributed by atoms with Crippen molar-refractivity contribution in [2.75, 3.05) is 33.1 Å². The molecule has 1 amide bonds. The minimum atomic E-state index is -3.74. The summed E-state index contributed by atoms with van der Waals surface area (Å²) < 4.78 is 40.4. The van der Waals surface area contributed by atoms with Crippen molar-refractivity contribution in [1.29, 1.82) is 0 Å². The predicted octanol–water partition coefficient (Wildman–Crippen LogP) is 2.32. The summed E-state index contributed by atoms with van der Waals surface area (Å²) in [6, 6.07) is 5.07. The number of carbonyl (C=O) groups excluding carboxylic acids is 1. The van der Waals surface area contributed by atoms with Crippen LogP contribution in [0.5, 0.6) is 11.5 Å². The van der Waals surface area contributed by atoms with Gasteiger partial charge in [0.15, 0.2) is 21.3 Å². The average molecular weight is 426 g/mol. The molecule has 0 bridgehead atoms.